The fraction of sp³-hybridized carbons (Fsp3) is 0.667. The molecule has 0 spiro atoms. The lowest BCUT2D eigenvalue weighted by molar-refractivity contribution is 0.166. The Balaban J connectivity index is 1.29. The summed E-state index contributed by atoms with van der Waals surface area (Å²) in [5.41, 5.74) is 1.19. The summed E-state index contributed by atoms with van der Waals surface area (Å²) in [5, 5.41) is 3.32. The van der Waals surface area contributed by atoms with E-state index in [0.717, 1.165) is 39.1 Å². The van der Waals surface area contributed by atoms with E-state index in [1.807, 2.05) is 29.4 Å². The summed E-state index contributed by atoms with van der Waals surface area (Å²) in [6, 6.07) is 5.11. The van der Waals surface area contributed by atoms with Crippen LogP contribution in [0.5, 0.6) is 0 Å². The first-order chi connectivity index (χ1) is 11.8. The van der Waals surface area contributed by atoms with Crippen molar-refractivity contribution in [3.05, 3.63) is 24.5 Å². The molecule has 3 saturated heterocycles. The van der Waals surface area contributed by atoms with Crippen molar-refractivity contribution in [1.29, 1.82) is 0 Å². The van der Waals surface area contributed by atoms with E-state index < -0.39 is 0 Å². The van der Waals surface area contributed by atoms with Gasteiger partial charge in [-0.05, 0) is 37.9 Å². The lowest BCUT2D eigenvalue weighted by Crippen LogP contribution is -2.55. The highest BCUT2D eigenvalue weighted by Crippen LogP contribution is 2.27. The number of anilines is 1. The molecule has 4 heterocycles. The minimum absolute atomic E-state index is 0.127. The Morgan fingerprint density at radius 1 is 1.00 bits per heavy atom. The molecule has 0 aromatic carbocycles. The number of piperazine rings is 1. The summed E-state index contributed by atoms with van der Waals surface area (Å²) in [5.74, 6) is 0. The number of aromatic nitrogens is 1. The molecule has 0 saturated carbocycles. The molecule has 3 aliphatic rings. The minimum Gasteiger partial charge on any atom is -0.368 e. The first kappa shape index (κ1) is 15.7. The summed E-state index contributed by atoms with van der Waals surface area (Å²) < 4.78 is 0. The highest BCUT2D eigenvalue weighted by atomic mass is 16.2. The summed E-state index contributed by atoms with van der Waals surface area (Å²) >= 11 is 0. The topological polar surface area (TPSA) is 51.7 Å². The van der Waals surface area contributed by atoms with E-state index in [9.17, 15) is 4.79 Å². The van der Waals surface area contributed by atoms with E-state index in [1.54, 1.807) is 0 Å². The van der Waals surface area contributed by atoms with Crippen LogP contribution >= 0.6 is 0 Å². The molecule has 0 aliphatic carbocycles. The number of piperidine rings is 1. The molecule has 3 aliphatic heterocycles. The van der Waals surface area contributed by atoms with Crippen LogP contribution in [0.4, 0.5) is 10.5 Å². The molecule has 6 heteroatoms. The van der Waals surface area contributed by atoms with E-state index in [4.69, 9.17) is 0 Å². The minimum atomic E-state index is 0.127. The van der Waals surface area contributed by atoms with Crippen LogP contribution in [0.1, 0.15) is 25.7 Å². The number of nitrogens with one attached hydrogen (secondary N) is 1. The van der Waals surface area contributed by atoms with Gasteiger partial charge in [0.1, 0.15) is 0 Å². The largest absolute Gasteiger partial charge is 0.368 e. The molecular formula is C18H27N5O. The van der Waals surface area contributed by atoms with Gasteiger partial charge in [0.2, 0.25) is 0 Å². The molecule has 3 fully saturated rings. The van der Waals surface area contributed by atoms with Crippen molar-refractivity contribution in [3.63, 3.8) is 0 Å². The van der Waals surface area contributed by atoms with Crippen molar-refractivity contribution < 1.29 is 4.79 Å². The van der Waals surface area contributed by atoms with E-state index in [2.05, 4.69) is 20.1 Å². The molecule has 2 amide bonds. The van der Waals surface area contributed by atoms with Crippen molar-refractivity contribution in [2.24, 2.45) is 0 Å². The van der Waals surface area contributed by atoms with Gasteiger partial charge in [0, 0.05) is 62.9 Å². The molecular weight excluding hydrogens is 302 g/mol. The Bertz CT molecular complexity index is 558. The number of hydrogen-bond acceptors (Lipinski definition) is 4. The molecule has 0 bridgehead atoms. The zero-order chi connectivity index (χ0) is 16.4. The number of urea groups is 1. The van der Waals surface area contributed by atoms with Crippen LogP contribution < -0.4 is 10.2 Å². The van der Waals surface area contributed by atoms with Crippen molar-refractivity contribution in [2.45, 2.75) is 37.8 Å². The molecule has 6 nitrogen and oxygen atoms in total. The van der Waals surface area contributed by atoms with Crippen LogP contribution in [0.2, 0.25) is 0 Å². The predicted octanol–water partition coefficient (Wildman–Crippen LogP) is 1.54. The van der Waals surface area contributed by atoms with Crippen LogP contribution in [0.25, 0.3) is 0 Å². The fourth-order valence-electron chi connectivity index (χ4n) is 4.39. The standard InChI is InChI=1S/C18H27N5O/c24-18(20-16-6-10-22-9-2-1-3-17(16)22)23-13-11-21(12-14-23)15-4-7-19-8-5-15/h4-5,7-8,16-17H,1-3,6,9-14H2,(H,20,24)/t16-,17-/m1/s1. The number of fused-ring (bicyclic) bond motifs is 1. The van der Waals surface area contributed by atoms with Crippen LogP contribution in [-0.2, 0) is 0 Å². The first-order valence-electron chi connectivity index (χ1n) is 9.26. The van der Waals surface area contributed by atoms with Crippen LogP contribution in [0.15, 0.2) is 24.5 Å². The SMILES string of the molecule is O=C(N[C@@H]1CCN2CCCC[C@H]12)N1CCN(c2ccncc2)CC1. The number of nitrogens with zero attached hydrogens (tertiary/aromatic N) is 4. The molecule has 1 aromatic heterocycles. The third-order valence-corrected chi connectivity index (χ3v) is 5.76. The first-order valence-corrected chi connectivity index (χ1v) is 9.26. The monoisotopic (exact) mass is 329 g/mol. The Kier molecular flexibility index (Phi) is 4.56. The number of rotatable bonds is 2. The summed E-state index contributed by atoms with van der Waals surface area (Å²) in [7, 11) is 0. The summed E-state index contributed by atoms with van der Waals surface area (Å²) in [6.45, 7) is 5.70. The second-order valence-electron chi connectivity index (χ2n) is 7.12. The molecule has 24 heavy (non-hydrogen) atoms. The van der Waals surface area contributed by atoms with Gasteiger partial charge in [0.25, 0.3) is 0 Å². The zero-order valence-electron chi connectivity index (χ0n) is 14.2. The summed E-state index contributed by atoms with van der Waals surface area (Å²) in [4.78, 5) is 23.6. The lowest BCUT2D eigenvalue weighted by atomic mass is 9.99. The Morgan fingerprint density at radius 3 is 2.58 bits per heavy atom. The third kappa shape index (κ3) is 3.20. The van der Waals surface area contributed by atoms with Gasteiger partial charge in [-0.15, -0.1) is 0 Å². The Labute approximate surface area is 143 Å². The zero-order valence-corrected chi connectivity index (χ0v) is 14.2. The second kappa shape index (κ2) is 6.97. The Hall–Kier alpha value is -1.82. The van der Waals surface area contributed by atoms with E-state index in [0.29, 0.717) is 12.1 Å². The van der Waals surface area contributed by atoms with E-state index in [1.165, 1.54) is 31.5 Å². The molecule has 1 aromatic rings. The molecule has 2 atom stereocenters. The van der Waals surface area contributed by atoms with Crippen LogP contribution in [-0.4, -0.2) is 72.2 Å². The predicted molar refractivity (Wildman–Crippen MR) is 94.2 cm³/mol. The van der Waals surface area contributed by atoms with E-state index in [-0.39, 0.29) is 6.03 Å². The maximum atomic E-state index is 12.6. The molecule has 0 radical (unpaired) electrons. The Morgan fingerprint density at radius 2 is 1.79 bits per heavy atom. The van der Waals surface area contributed by atoms with Gasteiger partial charge in [-0.25, -0.2) is 4.79 Å². The van der Waals surface area contributed by atoms with Gasteiger partial charge in [-0.1, -0.05) is 6.42 Å². The molecule has 130 valence electrons. The second-order valence-corrected chi connectivity index (χ2v) is 7.12. The van der Waals surface area contributed by atoms with Crippen LogP contribution in [0.3, 0.4) is 0 Å². The van der Waals surface area contributed by atoms with Gasteiger partial charge in [-0.3, -0.25) is 9.88 Å². The average Bonchev–Trinajstić information content (AvgIpc) is 3.06. The quantitative estimate of drug-likeness (QED) is 0.894. The van der Waals surface area contributed by atoms with Crippen molar-refractivity contribution in [2.75, 3.05) is 44.2 Å². The number of amides is 2. The number of pyridine rings is 1. The van der Waals surface area contributed by atoms with Gasteiger partial charge in [0.15, 0.2) is 0 Å². The van der Waals surface area contributed by atoms with Gasteiger partial charge in [-0.2, -0.15) is 0 Å². The normalized spacial score (nSPS) is 27.8. The fourth-order valence-corrected chi connectivity index (χ4v) is 4.39. The maximum absolute atomic E-state index is 12.6. The molecule has 4 rings (SSSR count). The highest BCUT2D eigenvalue weighted by Gasteiger charge is 2.37. The number of carbonyl (C=O) groups excluding carboxylic acids is 1. The maximum Gasteiger partial charge on any atom is 0.317 e. The molecule has 1 N–H and O–H groups in total. The highest BCUT2D eigenvalue weighted by molar-refractivity contribution is 5.75. The number of carbonyl (C=O) groups is 1. The van der Waals surface area contributed by atoms with Gasteiger partial charge in [0.05, 0.1) is 0 Å². The van der Waals surface area contributed by atoms with Crippen LogP contribution in [0, 0.1) is 0 Å². The third-order valence-electron chi connectivity index (χ3n) is 5.76. The average molecular weight is 329 g/mol. The summed E-state index contributed by atoms with van der Waals surface area (Å²) in [6.07, 6.45) is 8.61. The molecule has 0 unspecified atom stereocenters. The van der Waals surface area contributed by atoms with Crippen molar-refractivity contribution in [1.82, 2.24) is 20.1 Å². The van der Waals surface area contributed by atoms with E-state index >= 15 is 0 Å². The van der Waals surface area contributed by atoms with Gasteiger partial charge < -0.3 is 15.1 Å². The van der Waals surface area contributed by atoms with Gasteiger partial charge >= 0.3 is 6.03 Å². The smallest absolute Gasteiger partial charge is 0.317 e. The number of hydrogen-bond donors (Lipinski definition) is 1. The lowest BCUT2D eigenvalue weighted by Gasteiger charge is -2.37. The van der Waals surface area contributed by atoms with Crippen molar-refractivity contribution in [3.8, 4) is 0 Å². The van der Waals surface area contributed by atoms with Crippen molar-refractivity contribution >= 4 is 11.7 Å².